The minimum Gasteiger partial charge on any atom is -0.370 e. The molecule has 2 atom stereocenters. The third kappa shape index (κ3) is 1.15. The summed E-state index contributed by atoms with van der Waals surface area (Å²) >= 11 is 0. The Hall–Kier alpha value is -0.860. The van der Waals surface area contributed by atoms with Gasteiger partial charge in [0.1, 0.15) is 0 Å². The van der Waals surface area contributed by atoms with Crippen molar-refractivity contribution < 1.29 is 4.74 Å². The van der Waals surface area contributed by atoms with Gasteiger partial charge in [0.25, 0.3) is 0 Å². The first-order chi connectivity index (χ1) is 5.38. The SMILES string of the molecule is N[C@@H]1CO[C@H]1c1ccccc1. The molecule has 1 aliphatic heterocycles. The highest BCUT2D eigenvalue weighted by atomic mass is 16.5. The summed E-state index contributed by atoms with van der Waals surface area (Å²) in [6.07, 6.45) is 0.135. The minimum atomic E-state index is 0.135. The molecule has 11 heavy (non-hydrogen) atoms. The van der Waals surface area contributed by atoms with Gasteiger partial charge in [-0.1, -0.05) is 30.3 Å². The first kappa shape index (κ1) is 6.83. The topological polar surface area (TPSA) is 35.2 Å². The molecule has 1 aromatic carbocycles. The van der Waals surface area contributed by atoms with Gasteiger partial charge < -0.3 is 10.5 Å². The predicted molar refractivity (Wildman–Crippen MR) is 43.1 cm³/mol. The molecule has 0 aromatic heterocycles. The van der Waals surface area contributed by atoms with Crippen molar-refractivity contribution in [1.82, 2.24) is 0 Å². The van der Waals surface area contributed by atoms with E-state index in [1.54, 1.807) is 0 Å². The maximum Gasteiger partial charge on any atom is 0.0999 e. The van der Waals surface area contributed by atoms with E-state index in [-0.39, 0.29) is 12.1 Å². The lowest BCUT2D eigenvalue weighted by atomic mass is 9.99. The molecule has 0 aliphatic carbocycles. The molecule has 2 nitrogen and oxygen atoms in total. The van der Waals surface area contributed by atoms with Crippen molar-refractivity contribution in [3.05, 3.63) is 35.9 Å². The molecule has 0 amide bonds. The molecule has 1 aromatic rings. The quantitative estimate of drug-likeness (QED) is 0.648. The van der Waals surface area contributed by atoms with E-state index >= 15 is 0 Å². The fourth-order valence-corrected chi connectivity index (χ4v) is 1.29. The third-order valence-electron chi connectivity index (χ3n) is 1.99. The first-order valence-electron chi connectivity index (χ1n) is 3.80. The van der Waals surface area contributed by atoms with E-state index in [1.807, 2.05) is 30.3 Å². The summed E-state index contributed by atoms with van der Waals surface area (Å²) < 4.78 is 5.30. The number of hydrogen-bond donors (Lipinski definition) is 1. The number of benzene rings is 1. The molecule has 58 valence electrons. The smallest absolute Gasteiger partial charge is 0.0999 e. The predicted octanol–water partition coefficient (Wildman–Crippen LogP) is 1.09. The van der Waals surface area contributed by atoms with Crippen molar-refractivity contribution in [2.24, 2.45) is 5.73 Å². The molecule has 0 radical (unpaired) electrons. The normalized spacial score (nSPS) is 29.5. The van der Waals surface area contributed by atoms with Crippen molar-refractivity contribution in [3.63, 3.8) is 0 Å². The highest BCUT2D eigenvalue weighted by Crippen LogP contribution is 2.27. The Morgan fingerprint density at radius 2 is 2.00 bits per heavy atom. The second-order valence-corrected chi connectivity index (χ2v) is 2.83. The lowest BCUT2D eigenvalue weighted by Gasteiger charge is -2.34. The van der Waals surface area contributed by atoms with Gasteiger partial charge in [-0.15, -0.1) is 0 Å². The van der Waals surface area contributed by atoms with E-state index in [0.29, 0.717) is 6.61 Å². The number of hydrogen-bond acceptors (Lipinski definition) is 2. The molecule has 0 unspecified atom stereocenters. The molecule has 1 saturated heterocycles. The average molecular weight is 149 g/mol. The summed E-state index contributed by atoms with van der Waals surface area (Å²) in [5, 5.41) is 0. The van der Waals surface area contributed by atoms with Gasteiger partial charge in [-0.2, -0.15) is 0 Å². The van der Waals surface area contributed by atoms with Crippen LogP contribution in [-0.4, -0.2) is 12.6 Å². The van der Waals surface area contributed by atoms with Crippen molar-refractivity contribution in [3.8, 4) is 0 Å². The van der Waals surface area contributed by atoms with Gasteiger partial charge in [0.05, 0.1) is 18.8 Å². The van der Waals surface area contributed by atoms with Crippen LogP contribution in [0.1, 0.15) is 11.7 Å². The first-order valence-corrected chi connectivity index (χ1v) is 3.80. The van der Waals surface area contributed by atoms with E-state index < -0.39 is 0 Å². The van der Waals surface area contributed by atoms with Crippen LogP contribution < -0.4 is 5.73 Å². The average Bonchev–Trinajstić information content (AvgIpc) is 2.04. The monoisotopic (exact) mass is 149 g/mol. The minimum absolute atomic E-state index is 0.135. The zero-order valence-electron chi connectivity index (χ0n) is 6.23. The van der Waals surface area contributed by atoms with Crippen LogP contribution in [0.15, 0.2) is 30.3 Å². The second kappa shape index (κ2) is 2.64. The molecular formula is C9H11NO. The van der Waals surface area contributed by atoms with Gasteiger partial charge in [-0.25, -0.2) is 0 Å². The summed E-state index contributed by atoms with van der Waals surface area (Å²) in [6.45, 7) is 0.694. The van der Waals surface area contributed by atoms with E-state index in [0.717, 1.165) is 0 Å². The largest absolute Gasteiger partial charge is 0.370 e. The summed E-state index contributed by atoms with van der Waals surface area (Å²) in [5.41, 5.74) is 6.92. The van der Waals surface area contributed by atoms with E-state index in [4.69, 9.17) is 10.5 Å². The van der Waals surface area contributed by atoms with Crippen LogP contribution >= 0.6 is 0 Å². The van der Waals surface area contributed by atoms with Gasteiger partial charge in [0.2, 0.25) is 0 Å². The Bertz CT molecular complexity index is 235. The van der Waals surface area contributed by atoms with Crippen molar-refractivity contribution in [2.45, 2.75) is 12.1 Å². The molecule has 2 heteroatoms. The Morgan fingerprint density at radius 1 is 1.27 bits per heavy atom. The summed E-state index contributed by atoms with van der Waals surface area (Å²) in [6, 6.07) is 10.3. The Morgan fingerprint density at radius 3 is 2.45 bits per heavy atom. The van der Waals surface area contributed by atoms with E-state index in [2.05, 4.69) is 0 Å². The van der Waals surface area contributed by atoms with Crippen LogP contribution in [0, 0.1) is 0 Å². The molecule has 2 N–H and O–H groups in total. The van der Waals surface area contributed by atoms with Crippen LogP contribution in [0.25, 0.3) is 0 Å². The van der Waals surface area contributed by atoms with Crippen molar-refractivity contribution >= 4 is 0 Å². The molecule has 0 saturated carbocycles. The third-order valence-corrected chi connectivity index (χ3v) is 1.99. The van der Waals surface area contributed by atoms with Gasteiger partial charge in [-0.3, -0.25) is 0 Å². The van der Waals surface area contributed by atoms with Gasteiger partial charge in [-0.05, 0) is 5.56 Å². The van der Waals surface area contributed by atoms with Gasteiger partial charge in [0.15, 0.2) is 0 Å². The zero-order chi connectivity index (χ0) is 7.68. The highest BCUT2D eigenvalue weighted by molar-refractivity contribution is 5.20. The Kier molecular flexibility index (Phi) is 1.64. The van der Waals surface area contributed by atoms with Crippen LogP contribution in [0.4, 0.5) is 0 Å². The maximum absolute atomic E-state index is 5.73. The lowest BCUT2D eigenvalue weighted by molar-refractivity contribution is -0.0751. The molecule has 0 spiro atoms. The van der Waals surface area contributed by atoms with Crippen molar-refractivity contribution in [1.29, 1.82) is 0 Å². The standard InChI is InChI=1S/C9H11NO/c10-8-6-11-9(8)7-4-2-1-3-5-7/h1-5,8-9H,6,10H2/t8-,9+/m1/s1. The fourth-order valence-electron chi connectivity index (χ4n) is 1.29. The molecule has 1 fully saturated rings. The van der Waals surface area contributed by atoms with Crippen LogP contribution in [-0.2, 0) is 4.74 Å². The van der Waals surface area contributed by atoms with E-state index in [9.17, 15) is 0 Å². The second-order valence-electron chi connectivity index (χ2n) is 2.83. The molecular weight excluding hydrogens is 138 g/mol. The Labute approximate surface area is 66.0 Å². The van der Waals surface area contributed by atoms with Gasteiger partial charge >= 0.3 is 0 Å². The molecule has 1 aliphatic rings. The lowest BCUT2D eigenvalue weighted by Crippen LogP contribution is -2.44. The molecule has 1 heterocycles. The summed E-state index contributed by atoms with van der Waals surface area (Å²) in [7, 11) is 0. The summed E-state index contributed by atoms with van der Waals surface area (Å²) in [4.78, 5) is 0. The Balaban J connectivity index is 2.17. The number of rotatable bonds is 1. The molecule has 2 rings (SSSR count). The van der Waals surface area contributed by atoms with Crippen molar-refractivity contribution in [2.75, 3.05) is 6.61 Å². The highest BCUT2D eigenvalue weighted by Gasteiger charge is 2.29. The van der Waals surface area contributed by atoms with Crippen LogP contribution in [0.3, 0.4) is 0 Å². The van der Waals surface area contributed by atoms with Crippen LogP contribution in [0.2, 0.25) is 0 Å². The van der Waals surface area contributed by atoms with E-state index in [1.165, 1.54) is 5.56 Å². The fraction of sp³-hybridized carbons (Fsp3) is 0.333. The molecule has 0 bridgehead atoms. The number of ether oxygens (including phenoxy) is 1. The number of nitrogens with two attached hydrogens (primary N) is 1. The van der Waals surface area contributed by atoms with Gasteiger partial charge in [0, 0.05) is 0 Å². The summed E-state index contributed by atoms with van der Waals surface area (Å²) in [5.74, 6) is 0. The maximum atomic E-state index is 5.73. The zero-order valence-corrected chi connectivity index (χ0v) is 6.23. The van der Waals surface area contributed by atoms with Crippen LogP contribution in [0.5, 0.6) is 0 Å².